The van der Waals surface area contributed by atoms with Crippen molar-refractivity contribution in [2.75, 3.05) is 12.0 Å². The van der Waals surface area contributed by atoms with Crippen molar-refractivity contribution in [1.29, 1.82) is 0 Å². The molecule has 19 heavy (non-hydrogen) atoms. The molecule has 0 radical (unpaired) electrons. The lowest BCUT2D eigenvalue weighted by atomic mass is 9.78. The second-order valence-electron chi connectivity index (χ2n) is 5.66. The number of pyridine rings is 1. The average molecular weight is 282 g/mol. The van der Waals surface area contributed by atoms with Gasteiger partial charge in [0.05, 0.1) is 27.7 Å². The summed E-state index contributed by atoms with van der Waals surface area (Å²) >= 11 is 0. The Hall–Kier alpha value is -0.915. The Bertz CT molecular complexity index is 518. The second-order valence-corrected chi connectivity index (χ2v) is 6.96. The molecule has 2 N–H and O–H groups in total. The van der Waals surface area contributed by atoms with Gasteiger partial charge in [-0.15, -0.1) is 0 Å². The highest BCUT2D eigenvalue weighted by molar-refractivity contribution is 7.84. The maximum atomic E-state index is 11.6. The topological polar surface area (TPSA) is 74.4 Å². The third-order valence-corrected chi connectivity index (χ3v) is 4.64. The smallest absolute Gasteiger partial charge is 0.399 e. The van der Waals surface area contributed by atoms with Crippen LogP contribution in [0.25, 0.3) is 0 Å². The molecule has 0 spiro atoms. The van der Waals surface area contributed by atoms with Crippen LogP contribution in [0.2, 0.25) is 0 Å². The standard InChI is InChI=1S/C12H19BN2O3S/c1-11(2)12(3,4)18-13(17-11)8-6-7-15-10(9(8)14)19(5)16/h6-7H,14H2,1-5H3. The van der Waals surface area contributed by atoms with Crippen molar-refractivity contribution in [2.45, 2.75) is 43.9 Å². The lowest BCUT2D eigenvalue weighted by molar-refractivity contribution is 0.00578. The van der Waals surface area contributed by atoms with Gasteiger partial charge in [0, 0.05) is 17.9 Å². The van der Waals surface area contributed by atoms with Crippen LogP contribution in [-0.2, 0) is 20.1 Å². The minimum Gasteiger partial charge on any atom is -0.399 e. The van der Waals surface area contributed by atoms with Crippen LogP contribution in [-0.4, -0.2) is 33.8 Å². The highest BCUT2D eigenvalue weighted by atomic mass is 32.2. The molecular formula is C12H19BN2O3S. The van der Waals surface area contributed by atoms with Crippen LogP contribution in [0, 0.1) is 0 Å². The van der Waals surface area contributed by atoms with Gasteiger partial charge in [0.25, 0.3) is 0 Å². The molecular weight excluding hydrogens is 263 g/mol. The molecule has 0 amide bonds. The van der Waals surface area contributed by atoms with Gasteiger partial charge in [-0.1, -0.05) is 0 Å². The molecule has 1 atom stereocenters. The van der Waals surface area contributed by atoms with E-state index in [0.717, 1.165) is 0 Å². The van der Waals surface area contributed by atoms with Crippen molar-refractivity contribution < 1.29 is 13.5 Å². The first-order valence-corrected chi connectivity index (χ1v) is 7.65. The van der Waals surface area contributed by atoms with Crippen molar-refractivity contribution in [3.8, 4) is 0 Å². The molecule has 5 nitrogen and oxygen atoms in total. The number of hydrogen-bond acceptors (Lipinski definition) is 5. The Balaban J connectivity index is 2.40. The summed E-state index contributed by atoms with van der Waals surface area (Å²) in [6, 6.07) is 1.74. The Labute approximate surface area is 116 Å². The first-order chi connectivity index (χ1) is 8.66. The van der Waals surface area contributed by atoms with E-state index in [-0.39, 0.29) is 0 Å². The molecule has 1 aromatic heterocycles. The van der Waals surface area contributed by atoms with E-state index >= 15 is 0 Å². The summed E-state index contributed by atoms with van der Waals surface area (Å²) in [6.07, 6.45) is 3.13. The summed E-state index contributed by atoms with van der Waals surface area (Å²) in [4.78, 5) is 4.05. The van der Waals surface area contributed by atoms with Gasteiger partial charge >= 0.3 is 7.12 Å². The van der Waals surface area contributed by atoms with Crippen LogP contribution < -0.4 is 11.2 Å². The highest BCUT2D eigenvalue weighted by Crippen LogP contribution is 2.36. The van der Waals surface area contributed by atoms with Crippen molar-refractivity contribution >= 4 is 29.1 Å². The van der Waals surface area contributed by atoms with E-state index in [9.17, 15) is 4.21 Å². The van der Waals surface area contributed by atoms with Crippen molar-refractivity contribution in [2.24, 2.45) is 0 Å². The number of nitrogens with two attached hydrogens (primary N) is 1. The average Bonchev–Trinajstić information content (AvgIpc) is 2.47. The van der Waals surface area contributed by atoms with Crippen molar-refractivity contribution in [3.63, 3.8) is 0 Å². The largest absolute Gasteiger partial charge is 0.497 e. The van der Waals surface area contributed by atoms with Gasteiger partial charge in [0.1, 0.15) is 5.03 Å². The van der Waals surface area contributed by atoms with Gasteiger partial charge in [-0.25, -0.2) is 4.98 Å². The summed E-state index contributed by atoms with van der Waals surface area (Å²) < 4.78 is 23.4. The van der Waals surface area contributed by atoms with E-state index in [1.807, 2.05) is 27.7 Å². The SMILES string of the molecule is CS(=O)c1nccc(B2OC(C)(C)C(C)(C)O2)c1N. The zero-order chi connectivity index (χ0) is 14.4. The fourth-order valence-electron chi connectivity index (χ4n) is 1.87. The first kappa shape index (κ1) is 14.5. The summed E-state index contributed by atoms with van der Waals surface area (Å²) in [6.45, 7) is 7.90. The highest BCUT2D eigenvalue weighted by Gasteiger charge is 2.52. The molecule has 2 heterocycles. The van der Waals surface area contributed by atoms with E-state index in [1.165, 1.54) is 0 Å². The van der Waals surface area contributed by atoms with Gasteiger partial charge in [-0.05, 0) is 33.8 Å². The molecule has 0 aromatic carbocycles. The lowest BCUT2D eigenvalue weighted by Crippen LogP contribution is -2.41. The van der Waals surface area contributed by atoms with Crippen LogP contribution in [0.5, 0.6) is 0 Å². The molecule has 1 fully saturated rings. The van der Waals surface area contributed by atoms with Crippen LogP contribution in [0.4, 0.5) is 5.69 Å². The lowest BCUT2D eigenvalue weighted by Gasteiger charge is -2.32. The Kier molecular flexibility index (Phi) is 3.49. The molecule has 1 aliphatic rings. The third-order valence-electron chi connectivity index (χ3n) is 3.77. The predicted octanol–water partition coefficient (Wildman–Crippen LogP) is 0.700. The maximum Gasteiger partial charge on any atom is 0.497 e. The fourth-order valence-corrected chi connectivity index (χ4v) is 2.51. The molecule has 2 rings (SSSR count). The molecule has 1 unspecified atom stereocenters. The fraction of sp³-hybridized carbons (Fsp3) is 0.583. The number of aromatic nitrogens is 1. The predicted molar refractivity (Wildman–Crippen MR) is 76.7 cm³/mol. The van der Waals surface area contributed by atoms with E-state index < -0.39 is 29.1 Å². The summed E-state index contributed by atoms with van der Waals surface area (Å²) in [5.41, 5.74) is 6.22. The quantitative estimate of drug-likeness (QED) is 0.808. The second kappa shape index (κ2) is 4.57. The molecule has 104 valence electrons. The molecule has 0 saturated carbocycles. The van der Waals surface area contributed by atoms with E-state index in [4.69, 9.17) is 15.0 Å². The Morgan fingerprint density at radius 3 is 2.26 bits per heavy atom. The van der Waals surface area contributed by atoms with Gasteiger partial charge < -0.3 is 15.0 Å². The van der Waals surface area contributed by atoms with Gasteiger partial charge in [-0.2, -0.15) is 0 Å². The van der Waals surface area contributed by atoms with E-state index in [1.54, 1.807) is 18.5 Å². The number of anilines is 1. The summed E-state index contributed by atoms with van der Waals surface area (Å²) in [5.74, 6) is 0. The molecule has 1 saturated heterocycles. The van der Waals surface area contributed by atoms with Crippen molar-refractivity contribution in [1.82, 2.24) is 4.98 Å². The zero-order valence-electron chi connectivity index (χ0n) is 11.9. The summed E-state index contributed by atoms with van der Waals surface area (Å²) in [5, 5.41) is 0.368. The third kappa shape index (κ3) is 2.42. The van der Waals surface area contributed by atoms with E-state index in [0.29, 0.717) is 16.2 Å². The first-order valence-electron chi connectivity index (χ1n) is 6.09. The normalized spacial score (nSPS) is 22.5. The van der Waals surface area contributed by atoms with Gasteiger partial charge in [0.2, 0.25) is 0 Å². The maximum absolute atomic E-state index is 11.6. The number of nitrogens with zero attached hydrogens (tertiary/aromatic N) is 1. The molecule has 7 heteroatoms. The molecule has 0 aliphatic carbocycles. The number of rotatable bonds is 2. The van der Waals surface area contributed by atoms with E-state index in [2.05, 4.69) is 4.98 Å². The Morgan fingerprint density at radius 2 is 1.79 bits per heavy atom. The number of nitrogen functional groups attached to an aromatic ring is 1. The van der Waals surface area contributed by atoms with Crippen LogP contribution in [0.15, 0.2) is 17.3 Å². The van der Waals surface area contributed by atoms with Gasteiger partial charge in [0.15, 0.2) is 0 Å². The van der Waals surface area contributed by atoms with Crippen LogP contribution >= 0.6 is 0 Å². The van der Waals surface area contributed by atoms with Crippen LogP contribution in [0.1, 0.15) is 27.7 Å². The number of hydrogen-bond donors (Lipinski definition) is 1. The molecule has 1 aromatic rings. The minimum absolute atomic E-state index is 0.368. The monoisotopic (exact) mass is 282 g/mol. The molecule has 1 aliphatic heterocycles. The van der Waals surface area contributed by atoms with Crippen LogP contribution in [0.3, 0.4) is 0 Å². The Morgan fingerprint density at radius 1 is 1.26 bits per heavy atom. The minimum atomic E-state index is -1.24. The zero-order valence-corrected chi connectivity index (χ0v) is 12.7. The van der Waals surface area contributed by atoms with Crippen molar-refractivity contribution in [3.05, 3.63) is 12.3 Å². The summed E-state index contributed by atoms with van der Waals surface area (Å²) in [7, 11) is -1.80. The van der Waals surface area contributed by atoms with Gasteiger partial charge in [-0.3, -0.25) is 4.21 Å². The molecule has 0 bridgehead atoms.